The quantitative estimate of drug-likeness (QED) is 0.373. The number of hydrogen-bond donors (Lipinski definition) is 2. The van der Waals surface area contributed by atoms with Gasteiger partial charge in [-0.2, -0.15) is 0 Å². The molecule has 2 amide bonds. The maximum atomic E-state index is 12.1. The molecule has 0 rings (SSSR count). The molecule has 0 aromatic rings. The molecule has 0 saturated heterocycles. The van der Waals surface area contributed by atoms with Gasteiger partial charge in [-0.15, -0.1) is 0 Å². The average Bonchev–Trinajstić information content (AvgIpc) is 2.53. The predicted octanol–water partition coefficient (Wildman–Crippen LogP) is 3.23. The molecule has 0 aliphatic rings. The molecule has 2 N–H and O–H groups in total. The molecule has 0 saturated carbocycles. The topological polar surface area (TPSA) is 68.8 Å². The third-order valence-corrected chi connectivity index (χ3v) is 6.97. The summed E-state index contributed by atoms with van der Waals surface area (Å²) < 4.78 is 17.6. The van der Waals surface area contributed by atoms with E-state index in [4.69, 9.17) is 13.3 Å². The Morgan fingerprint density at radius 1 is 0.913 bits per heavy atom. The Hall–Kier alpha value is -0.633. The summed E-state index contributed by atoms with van der Waals surface area (Å²) in [6, 6.07) is -0.177. The van der Waals surface area contributed by atoms with E-state index in [0.29, 0.717) is 32.8 Å². The lowest BCUT2D eigenvalue weighted by atomic mass is 10.2. The highest BCUT2D eigenvalue weighted by molar-refractivity contribution is 6.62. The molecule has 138 valence electrons. The Balaban J connectivity index is 4.62. The van der Waals surface area contributed by atoms with Gasteiger partial charge < -0.3 is 23.9 Å². The van der Waals surface area contributed by atoms with Crippen molar-refractivity contribution in [3.63, 3.8) is 0 Å². The van der Waals surface area contributed by atoms with Crippen LogP contribution >= 0.6 is 0 Å². The Morgan fingerprint density at radius 2 is 1.48 bits per heavy atom. The van der Waals surface area contributed by atoms with Crippen LogP contribution in [-0.4, -0.2) is 46.9 Å². The summed E-state index contributed by atoms with van der Waals surface area (Å²) in [5, 5.41) is 5.90. The maximum Gasteiger partial charge on any atom is 0.524 e. The van der Waals surface area contributed by atoms with Crippen LogP contribution in [0.2, 0.25) is 0 Å². The molecule has 7 heteroatoms. The maximum absolute atomic E-state index is 12.1. The van der Waals surface area contributed by atoms with Crippen molar-refractivity contribution in [2.75, 3.05) is 26.4 Å². The first-order valence-corrected chi connectivity index (χ1v) is 10.9. The highest BCUT2D eigenvalue weighted by atomic mass is 28.4. The van der Waals surface area contributed by atoms with Gasteiger partial charge in [0.15, 0.2) is 0 Å². The lowest BCUT2D eigenvalue weighted by molar-refractivity contribution is 0.0583. The van der Waals surface area contributed by atoms with Crippen LogP contribution in [0.25, 0.3) is 0 Å². The van der Waals surface area contributed by atoms with E-state index >= 15 is 0 Å². The molecule has 0 radical (unpaired) electrons. The first-order valence-electron chi connectivity index (χ1n) is 9.06. The largest absolute Gasteiger partial charge is 0.524 e. The summed E-state index contributed by atoms with van der Waals surface area (Å²) in [4.78, 5) is 12.1. The summed E-state index contributed by atoms with van der Waals surface area (Å²) >= 11 is 0. The van der Waals surface area contributed by atoms with E-state index < -0.39 is 8.80 Å². The summed E-state index contributed by atoms with van der Waals surface area (Å²) in [5.41, 5.74) is -0.238. The molecule has 0 aliphatic heterocycles. The Labute approximate surface area is 143 Å². The molecule has 1 unspecified atom stereocenters. The Bertz CT molecular complexity index is 289. The minimum atomic E-state index is -2.92. The second-order valence-electron chi connectivity index (χ2n) is 5.32. The van der Waals surface area contributed by atoms with Crippen molar-refractivity contribution in [3.05, 3.63) is 0 Å². The zero-order valence-corrected chi connectivity index (χ0v) is 16.6. The molecule has 0 spiro atoms. The number of amides is 2. The van der Waals surface area contributed by atoms with Gasteiger partial charge in [-0.05, 0) is 33.6 Å². The number of urea groups is 1. The van der Waals surface area contributed by atoms with Crippen LogP contribution in [0.4, 0.5) is 4.79 Å². The number of carbonyl (C=O) groups excluding carboxylic acids is 1. The number of unbranched alkanes of at least 4 members (excludes halogenated alkanes) is 3. The van der Waals surface area contributed by atoms with Crippen LogP contribution in [0, 0.1) is 0 Å². The third kappa shape index (κ3) is 8.69. The molecular weight excluding hydrogens is 312 g/mol. The van der Waals surface area contributed by atoms with Crippen LogP contribution in [0.5, 0.6) is 0 Å². The van der Waals surface area contributed by atoms with Gasteiger partial charge >= 0.3 is 14.8 Å². The molecule has 0 aromatic heterocycles. The van der Waals surface area contributed by atoms with Crippen LogP contribution < -0.4 is 10.6 Å². The first kappa shape index (κ1) is 22.4. The number of nitrogens with one attached hydrogen (secondary N) is 2. The second kappa shape index (κ2) is 13.8. The van der Waals surface area contributed by atoms with E-state index in [1.807, 2.05) is 27.7 Å². The van der Waals surface area contributed by atoms with E-state index in [1.54, 1.807) is 0 Å². The summed E-state index contributed by atoms with van der Waals surface area (Å²) in [7, 11) is -2.92. The Morgan fingerprint density at radius 3 is 1.91 bits per heavy atom. The zero-order chi connectivity index (χ0) is 17.6. The molecule has 0 aliphatic carbocycles. The zero-order valence-electron chi connectivity index (χ0n) is 15.6. The molecule has 1 atom stereocenters. The fourth-order valence-electron chi connectivity index (χ4n) is 2.43. The van der Waals surface area contributed by atoms with Crippen molar-refractivity contribution in [3.8, 4) is 0 Å². The molecule has 0 fully saturated rings. The van der Waals surface area contributed by atoms with Crippen molar-refractivity contribution in [1.82, 2.24) is 10.6 Å². The summed E-state index contributed by atoms with van der Waals surface area (Å²) in [6.07, 6.45) is 5.24. The minimum absolute atomic E-state index is 0.177. The van der Waals surface area contributed by atoms with E-state index in [2.05, 4.69) is 17.6 Å². The van der Waals surface area contributed by atoms with E-state index in [1.165, 1.54) is 12.8 Å². The van der Waals surface area contributed by atoms with E-state index in [9.17, 15) is 4.79 Å². The Kier molecular flexibility index (Phi) is 13.4. The fourth-order valence-corrected chi connectivity index (χ4v) is 5.30. The van der Waals surface area contributed by atoms with Gasteiger partial charge in [0.2, 0.25) is 0 Å². The van der Waals surface area contributed by atoms with Gasteiger partial charge in [0.1, 0.15) is 5.67 Å². The van der Waals surface area contributed by atoms with Gasteiger partial charge in [0.05, 0.1) is 0 Å². The van der Waals surface area contributed by atoms with Gasteiger partial charge in [0.25, 0.3) is 0 Å². The molecular formula is C16H36N2O4Si. The van der Waals surface area contributed by atoms with Crippen LogP contribution in [0.3, 0.4) is 0 Å². The van der Waals surface area contributed by atoms with Gasteiger partial charge in [-0.25, -0.2) is 4.79 Å². The normalized spacial score (nSPS) is 12.9. The van der Waals surface area contributed by atoms with E-state index in [-0.39, 0.29) is 11.7 Å². The number of rotatable bonds is 14. The minimum Gasteiger partial charge on any atom is -0.373 e. The highest BCUT2D eigenvalue weighted by Gasteiger charge is 2.49. The molecule has 0 bridgehead atoms. The number of carbonyl (C=O) groups is 1. The summed E-state index contributed by atoms with van der Waals surface area (Å²) in [6.45, 7) is 12.1. The highest BCUT2D eigenvalue weighted by Crippen LogP contribution is 2.18. The molecule has 0 heterocycles. The summed E-state index contributed by atoms with van der Waals surface area (Å²) in [5.74, 6) is 0. The van der Waals surface area contributed by atoms with Crippen molar-refractivity contribution in [2.45, 2.75) is 72.4 Å². The van der Waals surface area contributed by atoms with Crippen molar-refractivity contribution < 1.29 is 18.1 Å². The fraction of sp³-hybridized carbons (Fsp3) is 0.938. The van der Waals surface area contributed by atoms with Crippen LogP contribution in [-0.2, 0) is 13.3 Å². The monoisotopic (exact) mass is 348 g/mol. The SMILES string of the molecule is CCCCCCNC(=O)NC(CC)[Si](OCC)(OCC)OCC. The predicted molar refractivity (Wildman–Crippen MR) is 95.4 cm³/mol. The van der Waals surface area contributed by atoms with Gasteiger partial charge in [-0.1, -0.05) is 33.1 Å². The average molecular weight is 349 g/mol. The van der Waals surface area contributed by atoms with Gasteiger partial charge in [-0.3, -0.25) is 0 Å². The second-order valence-corrected chi connectivity index (χ2v) is 8.09. The molecule has 0 aromatic carbocycles. The molecule has 23 heavy (non-hydrogen) atoms. The first-order chi connectivity index (χ1) is 11.1. The number of hydrogen-bond acceptors (Lipinski definition) is 4. The third-order valence-electron chi connectivity index (χ3n) is 3.49. The van der Waals surface area contributed by atoms with Crippen molar-refractivity contribution in [1.29, 1.82) is 0 Å². The van der Waals surface area contributed by atoms with E-state index in [0.717, 1.165) is 12.8 Å². The van der Waals surface area contributed by atoms with Crippen LogP contribution in [0.1, 0.15) is 66.7 Å². The standard InChI is InChI=1S/C16H36N2O4Si/c1-6-11-12-13-14-17-16(19)18-15(7-2)23(20-8-3,21-9-4)22-10-5/h15H,6-14H2,1-5H3,(H2,17,18,19). The lowest BCUT2D eigenvalue weighted by Crippen LogP contribution is -2.63. The van der Waals surface area contributed by atoms with Crippen molar-refractivity contribution in [2.24, 2.45) is 0 Å². The van der Waals surface area contributed by atoms with Crippen molar-refractivity contribution >= 4 is 14.8 Å². The van der Waals surface area contributed by atoms with Crippen LogP contribution in [0.15, 0.2) is 0 Å². The van der Waals surface area contributed by atoms with Gasteiger partial charge in [0, 0.05) is 26.4 Å². The smallest absolute Gasteiger partial charge is 0.373 e. The lowest BCUT2D eigenvalue weighted by Gasteiger charge is -2.35. The molecule has 6 nitrogen and oxygen atoms in total.